The molecular formula is C19H15N5O. The molecule has 0 atom stereocenters. The van der Waals surface area contributed by atoms with Crippen LogP contribution in [0, 0.1) is 13.5 Å². The third-order valence-corrected chi connectivity index (χ3v) is 4.24. The van der Waals surface area contributed by atoms with Gasteiger partial charge in [0.25, 0.3) is 11.4 Å². The van der Waals surface area contributed by atoms with Crippen molar-refractivity contribution in [3.8, 4) is 22.3 Å². The minimum Gasteiger partial charge on any atom is -0.362 e. The van der Waals surface area contributed by atoms with Crippen molar-refractivity contribution in [2.24, 2.45) is 7.05 Å². The minimum atomic E-state index is -0.208. The fraction of sp³-hybridized carbons (Fsp3) is 0.105. The summed E-state index contributed by atoms with van der Waals surface area (Å²) in [6, 6.07) is 11.4. The lowest BCUT2D eigenvalue weighted by Crippen LogP contribution is -2.18. The summed E-state index contributed by atoms with van der Waals surface area (Å²) >= 11 is 0. The molecule has 6 nitrogen and oxygen atoms in total. The van der Waals surface area contributed by atoms with Crippen LogP contribution in [-0.4, -0.2) is 19.2 Å². The fourth-order valence-electron chi connectivity index (χ4n) is 3.10. The molecule has 0 amide bonds. The molecule has 0 bridgehead atoms. The topological polar surface area (TPSA) is 59.4 Å². The van der Waals surface area contributed by atoms with Crippen LogP contribution in [0.25, 0.3) is 32.7 Å². The van der Waals surface area contributed by atoms with Crippen LogP contribution in [0.15, 0.2) is 53.6 Å². The SMILES string of the molecule is [C-]#[N+]c1[nH]n2c(=O)c(-c3ccn(C)c3)c(C)nc2c1-c1ccccc1. The Balaban J connectivity index is 2.08. The van der Waals surface area contributed by atoms with E-state index in [0.29, 0.717) is 28.3 Å². The number of H-pyrrole nitrogens is 1. The Morgan fingerprint density at radius 1 is 1.12 bits per heavy atom. The maximum Gasteiger partial charge on any atom is 0.296 e. The molecule has 0 spiro atoms. The van der Waals surface area contributed by atoms with Crippen molar-refractivity contribution in [3.63, 3.8) is 0 Å². The highest BCUT2D eigenvalue weighted by atomic mass is 16.1. The van der Waals surface area contributed by atoms with Crippen molar-refractivity contribution >= 4 is 11.5 Å². The molecular weight excluding hydrogens is 314 g/mol. The number of hydrogen-bond donors (Lipinski definition) is 1. The van der Waals surface area contributed by atoms with Crippen LogP contribution in [0.2, 0.25) is 0 Å². The Morgan fingerprint density at radius 2 is 1.88 bits per heavy atom. The van der Waals surface area contributed by atoms with Crippen molar-refractivity contribution in [1.29, 1.82) is 0 Å². The lowest BCUT2D eigenvalue weighted by Gasteiger charge is -2.04. The van der Waals surface area contributed by atoms with Crippen molar-refractivity contribution in [1.82, 2.24) is 19.2 Å². The zero-order valence-corrected chi connectivity index (χ0v) is 13.8. The molecule has 25 heavy (non-hydrogen) atoms. The van der Waals surface area contributed by atoms with E-state index in [2.05, 4.69) is 14.9 Å². The van der Waals surface area contributed by atoms with Gasteiger partial charge in [-0.05, 0) is 18.6 Å². The van der Waals surface area contributed by atoms with E-state index in [1.165, 1.54) is 4.52 Å². The van der Waals surface area contributed by atoms with Crippen LogP contribution in [0.1, 0.15) is 5.69 Å². The molecule has 0 aliphatic heterocycles. The predicted octanol–water partition coefficient (Wildman–Crippen LogP) is 3.55. The Labute approximate surface area is 143 Å². The highest BCUT2D eigenvalue weighted by molar-refractivity contribution is 5.88. The number of aromatic amines is 1. The number of fused-ring (bicyclic) bond motifs is 1. The van der Waals surface area contributed by atoms with Gasteiger partial charge in [-0.15, -0.1) is 4.52 Å². The van der Waals surface area contributed by atoms with Gasteiger partial charge in [0.15, 0.2) is 5.65 Å². The quantitative estimate of drug-likeness (QED) is 0.572. The summed E-state index contributed by atoms with van der Waals surface area (Å²) in [7, 11) is 1.90. The summed E-state index contributed by atoms with van der Waals surface area (Å²) in [5, 5.41) is 2.91. The minimum absolute atomic E-state index is 0.208. The van der Waals surface area contributed by atoms with Gasteiger partial charge in [0.2, 0.25) is 0 Å². The van der Waals surface area contributed by atoms with Gasteiger partial charge in [0.05, 0.1) is 16.8 Å². The summed E-state index contributed by atoms with van der Waals surface area (Å²) in [5.74, 6) is 0.306. The lowest BCUT2D eigenvalue weighted by molar-refractivity contribution is 0.898. The number of aryl methyl sites for hydroxylation is 2. The van der Waals surface area contributed by atoms with Crippen molar-refractivity contribution < 1.29 is 0 Å². The van der Waals surface area contributed by atoms with Crippen molar-refractivity contribution in [3.05, 3.63) is 76.3 Å². The summed E-state index contributed by atoms with van der Waals surface area (Å²) in [4.78, 5) is 21.2. The molecule has 3 heterocycles. The van der Waals surface area contributed by atoms with Gasteiger partial charge in [-0.25, -0.2) is 10.1 Å². The molecule has 0 saturated heterocycles. The number of rotatable bonds is 2. The van der Waals surface area contributed by atoms with Crippen LogP contribution >= 0.6 is 0 Å². The van der Waals surface area contributed by atoms with Gasteiger partial charge in [0.1, 0.15) is 0 Å². The maximum absolute atomic E-state index is 13.1. The van der Waals surface area contributed by atoms with E-state index in [1.54, 1.807) is 0 Å². The Morgan fingerprint density at radius 3 is 2.52 bits per heavy atom. The third kappa shape index (κ3) is 2.25. The largest absolute Gasteiger partial charge is 0.362 e. The van der Waals surface area contributed by atoms with E-state index in [-0.39, 0.29) is 5.56 Å². The van der Waals surface area contributed by atoms with E-state index >= 15 is 0 Å². The average Bonchev–Trinajstić information content (AvgIpc) is 3.19. The molecule has 0 fully saturated rings. The van der Waals surface area contributed by atoms with Gasteiger partial charge < -0.3 is 9.41 Å². The average molecular weight is 329 g/mol. The standard InChI is InChI=1S/C19H15N5O/c1-12-15(14-9-10-23(3)11-14)19(25)24-18(21-12)16(17(20-2)22-24)13-7-5-4-6-8-13/h4-11,22H,1,3H3. The lowest BCUT2D eigenvalue weighted by atomic mass is 10.1. The summed E-state index contributed by atoms with van der Waals surface area (Å²) < 4.78 is 3.25. The molecule has 0 aliphatic rings. The molecule has 6 heteroatoms. The van der Waals surface area contributed by atoms with Crippen LogP contribution in [0.3, 0.4) is 0 Å². The summed E-state index contributed by atoms with van der Waals surface area (Å²) in [5.41, 5.74) is 3.76. The Kier molecular flexibility index (Phi) is 3.29. The highest BCUT2D eigenvalue weighted by Crippen LogP contribution is 2.33. The first-order valence-corrected chi connectivity index (χ1v) is 7.80. The molecule has 4 rings (SSSR count). The fourth-order valence-corrected chi connectivity index (χ4v) is 3.10. The Hall–Kier alpha value is -3.59. The second-order valence-corrected chi connectivity index (χ2v) is 5.92. The maximum atomic E-state index is 13.1. The normalized spacial score (nSPS) is 10.9. The van der Waals surface area contributed by atoms with Gasteiger partial charge in [0, 0.05) is 25.0 Å². The van der Waals surface area contributed by atoms with Crippen molar-refractivity contribution in [2.75, 3.05) is 0 Å². The number of hydrogen-bond acceptors (Lipinski definition) is 2. The molecule has 1 N–H and O–H groups in total. The molecule has 1 aromatic carbocycles. The summed E-state index contributed by atoms with van der Waals surface area (Å²) in [6.45, 7) is 9.28. The molecule has 4 aromatic rings. The van der Waals surface area contributed by atoms with Gasteiger partial charge in [-0.2, -0.15) is 0 Å². The number of nitrogens with zero attached hydrogens (tertiary/aromatic N) is 4. The second kappa shape index (κ2) is 5.49. The predicted molar refractivity (Wildman–Crippen MR) is 96.7 cm³/mol. The Bertz CT molecular complexity index is 1190. The van der Waals surface area contributed by atoms with Gasteiger partial charge in [-0.3, -0.25) is 4.79 Å². The van der Waals surface area contributed by atoms with Crippen LogP contribution in [-0.2, 0) is 7.05 Å². The second-order valence-electron chi connectivity index (χ2n) is 5.92. The van der Waals surface area contributed by atoms with E-state index in [1.807, 2.05) is 67.3 Å². The van der Waals surface area contributed by atoms with Crippen molar-refractivity contribution in [2.45, 2.75) is 6.92 Å². The first kappa shape index (κ1) is 15.0. The first-order valence-electron chi connectivity index (χ1n) is 7.80. The highest BCUT2D eigenvalue weighted by Gasteiger charge is 2.21. The van der Waals surface area contributed by atoms with Crippen LogP contribution < -0.4 is 5.56 Å². The van der Waals surface area contributed by atoms with Gasteiger partial charge >= 0.3 is 0 Å². The number of benzene rings is 1. The van der Waals surface area contributed by atoms with Gasteiger partial charge in [-0.1, -0.05) is 36.9 Å². The molecule has 122 valence electrons. The molecule has 0 radical (unpaired) electrons. The molecule has 0 unspecified atom stereocenters. The zero-order valence-electron chi connectivity index (χ0n) is 13.8. The van der Waals surface area contributed by atoms with E-state index < -0.39 is 0 Å². The van der Waals surface area contributed by atoms with Crippen LogP contribution in [0.4, 0.5) is 5.82 Å². The van der Waals surface area contributed by atoms with Crippen LogP contribution in [0.5, 0.6) is 0 Å². The van der Waals surface area contributed by atoms with E-state index in [9.17, 15) is 4.79 Å². The summed E-state index contributed by atoms with van der Waals surface area (Å²) in [6.07, 6.45) is 3.77. The monoisotopic (exact) mass is 329 g/mol. The number of aromatic nitrogens is 4. The smallest absolute Gasteiger partial charge is 0.296 e. The van der Waals surface area contributed by atoms with E-state index in [0.717, 1.165) is 11.1 Å². The molecule has 0 saturated carbocycles. The zero-order chi connectivity index (χ0) is 17.6. The third-order valence-electron chi connectivity index (χ3n) is 4.24. The molecule has 3 aromatic heterocycles. The van der Waals surface area contributed by atoms with E-state index in [4.69, 9.17) is 6.57 Å². The first-order chi connectivity index (χ1) is 12.1. The molecule has 0 aliphatic carbocycles. The number of nitrogens with one attached hydrogen (secondary N) is 1.